The van der Waals surface area contributed by atoms with Crippen LogP contribution in [0.2, 0.25) is 0 Å². The van der Waals surface area contributed by atoms with Gasteiger partial charge in [0.2, 0.25) is 17.7 Å². The van der Waals surface area contributed by atoms with Crippen LogP contribution < -0.4 is 0 Å². The van der Waals surface area contributed by atoms with Gasteiger partial charge in [0.15, 0.2) is 0 Å². The fourth-order valence-electron chi connectivity index (χ4n) is 4.73. The van der Waals surface area contributed by atoms with Crippen molar-refractivity contribution in [3.8, 4) is 22.5 Å². The molecule has 2 aromatic heterocycles. The van der Waals surface area contributed by atoms with Gasteiger partial charge in [-0.05, 0) is 55.2 Å². The third-order valence-electron chi connectivity index (χ3n) is 7.26. The lowest BCUT2D eigenvalue weighted by Crippen LogP contribution is -2.45. The van der Waals surface area contributed by atoms with E-state index in [1.54, 1.807) is 23.7 Å². The first-order valence-electron chi connectivity index (χ1n) is 12.7. The van der Waals surface area contributed by atoms with Gasteiger partial charge in [0.25, 0.3) is 0 Å². The molecule has 7 nitrogen and oxygen atoms in total. The Morgan fingerprint density at radius 2 is 1.78 bits per heavy atom. The van der Waals surface area contributed by atoms with Crippen molar-refractivity contribution in [2.75, 3.05) is 13.1 Å². The molecule has 1 amide bonds. The number of piperidine rings is 1. The summed E-state index contributed by atoms with van der Waals surface area (Å²) in [5.74, 6) is 1.25. The van der Waals surface area contributed by atoms with Gasteiger partial charge in [-0.15, -0.1) is 10.2 Å². The quantitative estimate of drug-likeness (QED) is 0.336. The van der Waals surface area contributed by atoms with Crippen molar-refractivity contribution in [1.82, 2.24) is 24.9 Å². The zero-order valence-corrected chi connectivity index (χ0v) is 21.7. The molecule has 1 aliphatic rings. The lowest BCUT2D eigenvalue weighted by atomic mass is 9.80. The number of hydrogen-bond acceptors (Lipinski definition) is 5. The third kappa shape index (κ3) is 5.05. The van der Waals surface area contributed by atoms with Gasteiger partial charge in [0, 0.05) is 30.0 Å². The van der Waals surface area contributed by atoms with Crippen LogP contribution in [0.4, 0.5) is 4.39 Å². The van der Waals surface area contributed by atoms with E-state index in [2.05, 4.69) is 17.1 Å². The highest BCUT2D eigenvalue weighted by molar-refractivity contribution is 5.78. The Bertz CT molecular complexity index is 1400. The van der Waals surface area contributed by atoms with Crippen LogP contribution in [-0.4, -0.2) is 43.9 Å². The Morgan fingerprint density at radius 1 is 1.05 bits per heavy atom. The molecule has 1 fully saturated rings. The number of halogens is 1. The van der Waals surface area contributed by atoms with Crippen molar-refractivity contribution in [3.63, 3.8) is 0 Å². The van der Waals surface area contributed by atoms with E-state index in [0.29, 0.717) is 36.1 Å². The minimum Gasteiger partial charge on any atom is -0.424 e. The summed E-state index contributed by atoms with van der Waals surface area (Å²) in [6.45, 7) is 9.27. The van der Waals surface area contributed by atoms with Gasteiger partial charge in [-0.25, -0.2) is 4.39 Å². The van der Waals surface area contributed by atoms with Crippen molar-refractivity contribution < 1.29 is 13.6 Å². The maximum Gasteiger partial charge on any atom is 0.244 e. The molecule has 5 rings (SSSR count). The van der Waals surface area contributed by atoms with E-state index in [4.69, 9.17) is 9.52 Å². The van der Waals surface area contributed by atoms with Crippen LogP contribution in [0.3, 0.4) is 0 Å². The summed E-state index contributed by atoms with van der Waals surface area (Å²) < 4.78 is 21.5. The summed E-state index contributed by atoms with van der Waals surface area (Å²) >= 11 is 0. The van der Waals surface area contributed by atoms with E-state index < -0.39 is 0 Å². The molecule has 8 heteroatoms. The van der Waals surface area contributed by atoms with Crippen LogP contribution in [0.1, 0.15) is 56.9 Å². The third-order valence-corrected chi connectivity index (χ3v) is 7.26. The van der Waals surface area contributed by atoms with Crippen LogP contribution in [0.15, 0.2) is 59.0 Å². The number of carbonyl (C=O) groups excluding carboxylic acids is 1. The first-order chi connectivity index (χ1) is 17.7. The normalized spacial score (nSPS) is 15.4. The average Bonchev–Trinajstić information content (AvgIpc) is 3.55. The number of aryl methyl sites for hydroxylation is 1. The van der Waals surface area contributed by atoms with Crippen molar-refractivity contribution in [1.29, 1.82) is 0 Å². The second-order valence-electron chi connectivity index (χ2n) is 10.4. The number of nitrogens with zero attached hydrogens (tertiary/aromatic N) is 5. The average molecular weight is 502 g/mol. The first-order valence-corrected chi connectivity index (χ1v) is 12.7. The number of amides is 1. The minimum absolute atomic E-state index is 0.0116. The number of hydrogen-bond donors (Lipinski definition) is 0. The molecule has 37 heavy (non-hydrogen) atoms. The van der Waals surface area contributed by atoms with Gasteiger partial charge < -0.3 is 9.32 Å². The highest BCUT2D eigenvalue weighted by atomic mass is 19.1. The van der Waals surface area contributed by atoms with E-state index in [9.17, 15) is 9.18 Å². The van der Waals surface area contributed by atoms with Crippen molar-refractivity contribution in [2.45, 2.75) is 58.4 Å². The largest absolute Gasteiger partial charge is 0.424 e. The fourth-order valence-corrected chi connectivity index (χ4v) is 4.73. The summed E-state index contributed by atoms with van der Waals surface area (Å²) in [6, 6.07) is 16.8. The lowest BCUT2D eigenvalue weighted by Gasteiger charge is -2.37. The van der Waals surface area contributed by atoms with Gasteiger partial charge in [0.05, 0.1) is 11.4 Å². The smallest absolute Gasteiger partial charge is 0.244 e. The molecule has 4 aromatic rings. The Morgan fingerprint density at radius 3 is 2.43 bits per heavy atom. The second kappa shape index (κ2) is 9.92. The van der Waals surface area contributed by atoms with Crippen LogP contribution in [0.5, 0.6) is 0 Å². The Hall–Kier alpha value is -3.81. The second-order valence-corrected chi connectivity index (χ2v) is 10.4. The molecule has 0 bridgehead atoms. The monoisotopic (exact) mass is 501 g/mol. The molecule has 0 radical (unpaired) electrons. The molecule has 0 atom stereocenters. The van der Waals surface area contributed by atoms with Crippen LogP contribution in [0.25, 0.3) is 22.5 Å². The van der Waals surface area contributed by atoms with Crippen LogP contribution in [0, 0.1) is 12.7 Å². The van der Waals surface area contributed by atoms with E-state index in [0.717, 1.165) is 29.7 Å². The standard InChI is InChI=1S/C29H32FN5O2/c1-19(2)27-31-32-28(37-27)29(4)12-14-34(15-13-29)26(36)18-35-25(21-8-6-5-7-9-21)17-24(33-35)22-10-11-23(30)20(3)16-22/h5-11,16-17,19H,12-15,18H2,1-4H3. The topological polar surface area (TPSA) is 77.0 Å². The molecule has 192 valence electrons. The number of rotatable bonds is 6. The molecular weight excluding hydrogens is 469 g/mol. The fraction of sp³-hybridized carbons (Fsp3) is 0.379. The first kappa shape index (κ1) is 24.9. The molecule has 3 heterocycles. The van der Waals surface area contributed by atoms with E-state index in [1.165, 1.54) is 6.07 Å². The van der Waals surface area contributed by atoms with E-state index in [1.807, 2.05) is 55.1 Å². The summed E-state index contributed by atoms with van der Waals surface area (Å²) in [7, 11) is 0. The molecule has 0 N–H and O–H groups in total. The maximum atomic E-state index is 13.9. The van der Waals surface area contributed by atoms with Crippen LogP contribution in [-0.2, 0) is 16.8 Å². The summed E-state index contributed by atoms with van der Waals surface area (Å²) in [5.41, 5.74) is 3.65. The zero-order chi connectivity index (χ0) is 26.2. The van der Waals surface area contributed by atoms with Gasteiger partial charge in [0.1, 0.15) is 12.4 Å². The van der Waals surface area contributed by atoms with Crippen molar-refractivity contribution in [3.05, 3.63) is 77.8 Å². The number of benzene rings is 2. The maximum absolute atomic E-state index is 13.9. The number of likely N-dealkylation sites (tertiary alicyclic amines) is 1. The van der Waals surface area contributed by atoms with E-state index in [-0.39, 0.29) is 29.6 Å². The molecule has 0 spiro atoms. The van der Waals surface area contributed by atoms with Gasteiger partial charge in [-0.2, -0.15) is 5.10 Å². The molecule has 1 saturated heterocycles. The highest BCUT2D eigenvalue weighted by Gasteiger charge is 2.38. The number of carbonyl (C=O) groups is 1. The minimum atomic E-state index is -0.250. The predicted octanol–water partition coefficient (Wildman–Crippen LogP) is 5.75. The molecule has 0 aliphatic carbocycles. The number of aromatic nitrogens is 4. The summed E-state index contributed by atoms with van der Waals surface area (Å²) in [4.78, 5) is 15.3. The van der Waals surface area contributed by atoms with Crippen molar-refractivity contribution in [2.24, 2.45) is 0 Å². The molecular formula is C29H32FN5O2. The SMILES string of the molecule is Cc1cc(-c2cc(-c3ccccc3)n(CC(=O)N3CCC(C)(c4nnc(C(C)C)o4)CC3)n2)ccc1F. The van der Waals surface area contributed by atoms with Gasteiger partial charge in [-0.3, -0.25) is 9.48 Å². The highest BCUT2D eigenvalue weighted by Crippen LogP contribution is 2.35. The van der Waals surface area contributed by atoms with E-state index >= 15 is 0 Å². The Balaban J connectivity index is 1.35. The Labute approximate surface area is 216 Å². The summed E-state index contributed by atoms with van der Waals surface area (Å²) in [6.07, 6.45) is 1.51. The van der Waals surface area contributed by atoms with Gasteiger partial charge >= 0.3 is 0 Å². The molecule has 0 unspecified atom stereocenters. The van der Waals surface area contributed by atoms with Crippen molar-refractivity contribution >= 4 is 5.91 Å². The molecule has 1 aliphatic heterocycles. The zero-order valence-electron chi connectivity index (χ0n) is 21.7. The Kier molecular flexibility index (Phi) is 6.67. The van der Waals surface area contributed by atoms with Crippen LogP contribution >= 0.6 is 0 Å². The summed E-state index contributed by atoms with van der Waals surface area (Å²) in [5, 5.41) is 13.3. The predicted molar refractivity (Wildman–Crippen MR) is 139 cm³/mol. The lowest BCUT2D eigenvalue weighted by molar-refractivity contribution is -0.133. The molecule has 2 aromatic carbocycles. The van der Waals surface area contributed by atoms with Gasteiger partial charge in [-0.1, -0.05) is 51.1 Å². The molecule has 0 saturated carbocycles.